The highest BCUT2D eigenvalue weighted by Crippen LogP contribution is 2.31. The third kappa shape index (κ3) is 4.13. The molecule has 0 aromatic heterocycles. The Hall–Kier alpha value is -1.75. The predicted octanol–water partition coefficient (Wildman–Crippen LogP) is 2.57. The Morgan fingerprint density at radius 3 is 2.65 bits per heavy atom. The SMILES string of the molecule is O=C(NCCC1CC1)N[C@@H](C(=O)O)c1ccccc1Cl. The van der Waals surface area contributed by atoms with E-state index in [1.165, 1.54) is 12.8 Å². The zero-order valence-electron chi connectivity index (χ0n) is 10.9. The quantitative estimate of drug-likeness (QED) is 0.755. The summed E-state index contributed by atoms with van der Waals surface area (Å²) in [6.45, 7) is 0.561. The van der Waals surface area contributed by atoms with Crippen molar-refractivity contribution in [3.05, 3.63) is 34.9 Å². The van der Waals surface area contributed by atoms with E-state index < -0.39 is 18.0 Å². The van der Waals surface area contributed by atoms with E-state index in [0.29, 0.717) is 23.0 Å². The van der Waals surface area contributed by atoms with Crippen LogP contribution in [0.3, 0.4) is 0 Å². The Morgan fingerprint density at radius 1 is 1.35 bits per heavy atom. The van der Waals surface area contributed by atoms with Crippen LogP contribution in [0.1, 0.15) is 30.9 Å². The first kappa shape index (κ1) is 14.7. The van der Waals surface area contributed by atoms with Crippen LogP contribution in [-0.2, 0) is 4.79 Å². The molecule has 5 nitrogen and oxygen atoms in total. The molecule has 1 aliphatic carbocycles. The molecule has 1 fully saturated rings. The number of carbonyl (C=O) groups is 2. The molecule has 2 rings (SSSR count). The monoisotopic (exact) mass is 296 g/mol. The molecule has 6 heteroatoms. The van der Waals surface area contributed by atoms with Gasteiger partial charge < -0.3 is 15.7 Å². The van der Waals surface area contributed by atoms with Crippen molar-refractivity contribution >= 4 is 23.6 Å². The Morgan fingerprint density at radius 2 is 2.05 bits per heavy atom. The van der Waals surface area contributed by atoms with E-state index in [4.69, 9.17) is 11.6 Å². The fourth-order valence-corrected chi connectivity index (χ4v) is 2.21. The Bertz CT molecular complexity index is 503. The molecule has 0 bridgehead atoms. The fraction of sp³-hybridized carbons (Fsp3) is 0.429. The van der Waals surface area contributed by atoms with Gasteiger partial charge in [0, 0.05) is 17.1 Å². The Labute approximate surface area is 122 Å². The van der Waals surface area contributed by atoms with Gasteiger partial charge in [-0.3, -0.25) is 0 Å². The van der Waals surface area contributed by atoms with Gasteiger partial charge in [0.2, 0.25) is 0 Å². The van der Waals surface area contributed by atoms with Crippen LogP contribution >= 0.6 is 11.6 Å². The average Bonchev–Trinajstić information content (AvgIpc) is 3.21. The molecular formula is C14H17ClN2O3. The van der Waals surface area contributed by atoms with Crippen LogP contribution in [0.2, 0.25) is 5.02 Å². The largest absolute Gasteiger partial charge is 0.479 e. The molecule has 108 valence electrons. The van der Waals surface area contributed by atoms with Crippen molar-refractivity contribution in [2.75, 3.05) is 6.54 Å². The number of halogens is 1. The summed E-state index contributed by atoms with van der Waals surface area (Å²) in [5.41, 5.74) is 0.374. The lowest BCUT2D eigenvalue weighted by molar-refractivity contribution is -0.139. The van der Waals surface area contributed by atoms with Crippen LogP contribution < -0.4 is 10.6 Å². The first-order valence-corrected chi connectivity index (χ1v) is 6.97. The van der Waals surface area contributed by atoms with E-state index >= 15 is 0 Å². The minimum absolute atomic E-state index is 0.318. The van der Waals surface area contributed by atoms with E-state index in [-0.39, 0.29) is 0 Å². The molecule has 0 unspecified atom stereocenters. The Kier molecular flexibility index (Phi) is 4.84. The summed E-state index contributed by atoms with van der Waals surface area (Å²) in [6, 6.07) is 4.94. The highest BCUT2D eigenvalue weighted by Gasteiger charge is 2.25. The molecule has 3 N–H and O–H groups in total. The second kappa shape index (κ2) is 6.61. The molecule has 0 heterocycles. The molecule has 1 aromatic rings. The predicted molar refractivity (Wildman–Crippen MR) is 75.7 cm³/mol. The summed E-state index contributed by atoms with van der Waals surface area (Å²) in [5.74, 6) is -0.426. The van der Waals surface area contributed by atoms with E-state index in [1.54, 1.807) is 24.3 Å². The normalized spacial score (nSPS) is 15.4. The second-order valence-corrected chi connectivity index (χ2v) is 5.33. The summed E-state index contributed by atoms with van der Waals surface area (Å²) < 4.78 is 0. The Balaban J connectivity index is 1.93. The summed E-state index contributed by atoms with van der Waals surface area (Å²) >= 11 is 5.97. The molecule has 0 saturated heterocycles. The topological polar surface area (TPSA) is 78.4 Å². The number of carboxylic acids is 1. The van der Waals surface area contributed by atoms with Gasteiger partial charge in [0.1, 0.15) is 0 Å². The molecule has 20 heavy (non-hydrogen) atoms. The summed E-state index contributed by atoms with van der Waals surface area (Å²) in [6.07, 6.45) is 3.39. The van der Waals surface area contributed by atoms with Crippen molar-refractivity contribution in [1.82, 2.24) is 10.6 Å². The minimum Gasteiger partial charge on any atom is -0.479 e. The summed E-state index contributed by atoms with van der Waals surface area (Å²) in [5, 5.41) is 14.6. The van der Waals surface area contributed by atoms with Crippen LogP contribution in [0.5, 0.6) is 0 Å². The number of carbonyl (C=O) groups excluding carboxylic acids is 1. The second-order valence-electron chi connectivity index (χ2n) is 4.93. The van der Waals surface area contributed by atoms with E-state index in [9.17, 15) is 14.7 Å². The van der Waals surface area contributed by atoms with Crippen molar-refractivity contribution in [3.63, 3.8) is 0 Å². The molecular weight excluding hydrogens is 280 g/mol. The maximum absolute atomic E-state index is 11.7. The van der Waals surface area contributed by atoms with Crippen LogP contribution in [0, 0.1) is 5.92 Å². The molecule has 1 aliphatic rings. The molecule has 0 aliphatic heterocycles. The molecule has 0 spiro atoms. The first-order chi connectivity index (χ1) is 9.58. The van der Waals surface area contributed by atoms with Crippen LogP contribution in [0.15, 0.2) is 24.3 Å². The van der Waals surface area contributed by atoms with Crippen molar-refractivity contribution in [1.29, 1.82) is 0 Å². The number of benzene rings is 1. The highest BCUT2D eigenvalue weighted by atomic mass is 35.5. The number of hydrogen-bond acceptors (Lipinski definition) is 2. The smallest absolute Gasteiger partial charge is 0.331 e. The van der Waals surface area contributed by atoms with Gasteiger partial charge in [0.25, 0.3) is 0 Å². The maximum Gasteiger partial charge on any atom is 0.331 e. The lowest BCUT2D eigenvalue weighted by atomic mass is 10.1. The number of carboxylic acid groups (broad SMARTS) is 1. The zero-order valence-corrected chi connectivity index (χ0v) is 11.7. The first-order valence-electron chi connectivity index (χ1n) is 6.59. The average molecular weight is 297 g/mol. The van der Waals surface area contributed by atoms with Crippen molar-refractivity contribution in [3.8, 4) is 0 Å². The maximum atomic E-state index is 11.7. The van der Waals surface area contributed by atoms with E-state index in [0.717, 1.165) is 6.42 Å². The molecule has 1 atom stereocenters. The summed E-state index contributed by atoms with van der Waals surface area (Å²) in [7, 11) is 0. The van der Waals surface area contributed by atoms with Gasteiger partial charge in [0.15, 0.2) is 6.04 Å². The van der Waals surface area contributed by atoms with Crippen LogP contribution in [-0.4, -0.2) is 23.7 Å². The number of amides is 2. The minimum atomic E-state index is -1.15. The molecule has 0 radical (unpaired) electrons. The number of urea groups is 1. The van der Waals surface area contributed by atoms with Gasteiger partial charge in [0.05, 0.1) is 0 Å². The zero-order chi connectivity index (χ0) is 14.5. The van der Waals surface area contributed by atoms with Crippen LogP contribution in [0.25, 0.3) is 0 Å². The van der Waals surface area contributed by atoms with Gasteiger partial charge in [-0.2, -0.15) is 0 Å². The van der Waals surface area contributed by atoms with Crippen LogP contribution in [0.4, 0.5) is 4.79 Å². The van der Waals surface area contributed by atoms with Crippen molar-refractivity contribution in [2.24, 2.45) is 5.92 Å². The number of nitrogens with one attached hydrogen (secondary N) is 2. The van der Waals surface area contributed by atoms with Crippen molar-refractivity contribution in [2.45, 2.75) is 25.3 Å². The third-order valence-corrected chi connectivity index (χ3v) is 3.62. The molecule has 1 aromatic carbocycles. The number of rotatable bonds is 6. The van der Waals surface area contributed by atoms with Gasteiger partial charge >= 0.3 is 12.0 Å². The number of hydrogen-bond donors (Lipinski definition) is 3. The van der Waals surface area contributed by atoms with Gasteiger partial charge in [-0.05, 0) is 18.4 Å². The standard InChI is InChI=1S/C14H17ClN2O3/c15-11-4-2-1-3-10(11)12(13(18)19)17-14(20)16-8-7-9-5-6-9/h1-4,9,12H,5-8H2,(H,18,19)(H2,16,17,20)/t12-/m1/s1. The number of aliphatic carboxylic acids is 1. The fourth-order valence-electron chi connectivity index (χ4n) is 1.96. The molecule has 2 amide bonds. The molecule has 1 saturated carbocycles. The summed E-state index contributed by atoms with van der Waals surface area (Å²) in [4.78, 5) is 23.0. The van der Waals surface area contributed by atoms with Gasteiger partial charge in [-0.15, -0.1) is 0 Å². The van der Waals surface area contributed by atoms with Gasteiger partial charge in [-0.1, -0.05) is 42.6 Å². The lowest BCUT2D eigenvalue weighted by Gasteiger charge is -2.16. The van der Waals surface area contributed by atoms with E-state index in [1.807, 2.05) is 0 Å². The van der Waals surface area contributed by atoms with Gasteiger partial charge in [-0.25, -0.2) is 9.59 Å². The third-order valence-electron chi connectivity index (χ3n) is 3.27. The highest BCUT2D eigenvalue weighted by molar-refractivity contribution is 6.31. The van der Waals surface area contributed by atoms with Crippen molar-refractivity contribution < 1.29 is 14.7 Å². The lowest BCUT2D eigenvalue weighted by Crippen LogP contribution is -2.41. The van der Waals surface area contributed by atoms with E-state index in [2.05, 4.69) is 10.6 Å².